The van der Waals surface area contributed by atoms with Crippen LogP contribution in [-0.4, -0.2) is 21.5 Å². The second-order valence-corrected chi connectivity index (χ2v) is 5.30. The van der Waals surface area contributed by atoms with Crippen LogP contribution in [-0.2, 0) is 0 Å². The monoisotopic (exact) mass is 325 g/mol. The summed E-state index contributed by atoms with van der Waals surface area (Å²) in [4.78, 5) is 13.1. The highest BCUT2D eigenvalue weighted by Gasteiger charge is 2.07. The molecule has 0 fully saturated rings. The fraction of sp³-hybridized carbons (Fsp3) is 0.118. The van der Waals surface area contributed by atoms with Crippen LogP contribution in [0.25, 0.3) is 11.3 Å². The summed E-state index contributed by atoms with van der Waals surface area (Å²) in [6, 6.07) is 13.2. The quantitative estimate of drug-likeness (QED) is 0.729. The molecule has 6 heteroatoms. The molecule has 0 bridgehead atoms. The Morgan fingerprint density at radius 1 is 1.00 bits per heavy atom. The lowest BCUT2D eigenvalue weighted by atomic mass is 10.2. The summed E-state index contributed by atoms with van der Waals surface area (Å²) in [6.45, 7) is 2.76. The van der Waals surface area contributed by atoms with E-state index in [-0.39, 0.29) is 0 Å². The molecule has 0 atom stereocenters. The van der Waals surface area contributed by atoms with Gasteiger partial charge >= 0.3 is 0 Å². The number of anilines is 3. The average Bonchev–Trinajstić information content (AvgIpc) is 2.58. The third-order valence-corrected chi connectivity index (χ3v) is 3.41. The van der Waals surface area contributed by atoms with Crippen LogP contribution in [0.15, 0.2) is 54.9 Å². The molecule has 116 valence electrons. The Morgan fingerprint density at radius 3 is 2.43 bits per heavy atom. The summed E-state index contributed by atoms with van der Waals surface area (Å²) in [5, 5.41) is 7.13. The molecule has 2 aromatic heterocycles. The van der Waals surface area contributed by atoms with Gasteiger partial charge in [0.2, 0.25) is 5.95 Å². The highest BCUT2D eigenvalue weighted by atomic mass is 35.5. The maximum Gasteiger partial charge on any atom is 0.225 e. The highest BCUT2D eigenvalue weighted by molar-refractivity contribution is 6.30. The van der Waals surface area contributed by atoms with Gasteiger partial charge in [0.25, 0.3) is 0 Å². The second-order valence-electron chi connectivity index (χ2n) is 4.86. The molecule has 0 saturated heterocycles. The fourth-order valence-electron chi connectivity index (χ4n) is 2.10. The number of nitrogens with one attached hydrogen (secondary N) is 2. The Hall–Kier alpha value is -2.66. The number of hydrogen-bond acceptors (Lipinski definition) is 5. The van der Waals surface area contributed by atoms with Crippen molar-refractivity contribution in [3.8, 4) is 11.3 Å². The maximum absolute atomic E-state index is 5.92. The predicted octanol–water partition coefficient (Wildman–Crippen LogP) is 4.37. The van der Waals surface area contributed by atoms with E-state index in [2.05, 4.69) is 25.6 Å². The van der Waals surface area contributed by atoms with E-state index in [4.69, 9.17) is 11.6 Å². The number of halogens is 1. The molecule has 2 N–H and O–H groups in total. The Labute approximate surface area is 139 Å². The van der Waals surface area contributed by atoms with Crippen molar-refractivity contribution in [2.45, 2.75) is 6.92 Å². The van der Waals surface area contributed by atoms with E-state index in [1.165, 1.54) is 0 Å². The van der Waals surface area contributed by atoms with E-state index < -0.39 is 0 Å². The van der Waals surface area contributed by atoms with Crippen LogP contribution in [0.5, 0.6) is 0 Å². The molecular formula is C17H16ClN5. The van der Waals surface area contributed by atoms with Crippen LogP contribution in [0.1, 0.15) is 6.92 Å². The standard InChI is InChI=1S/C17H16ClN5/c1-2-20-17-22-15(12-7-9-19-10-8-12)11-16(23-17)21-14-5-3-13(18)4-6-14/h3-11H,2H2,1H3,(H2,20,21,22,23). The van der Waals surface area contributed by atoms with Gasteiger partial charge in [-0.1, -0.05) is 11.6 Å². The number of benzene rings is 1. The summed E-state index contributed by atoms with van der Waals surface area (Å²) in [5.74, 6) is 1.29. The number of nitrogens with zero attached hydrogens (tertiary/aromatic N) is 3. The van der Waals surface area contributed by atoms with Crippen molar-refractivity contribution in [2.24, 2.45) is 0 Å². The molecule has 3 aromatic rings. The van der Waals surface area contributed by atoms with Crippen molar-refractivity contribution in [3.05, 3.63) is 59.9 Å². The molecule has 0 amide bonds. The van der Waals surface area contributed by atoms with Gasteiger partial charge in [-0.05, 0) is 43.3 Å². The summed E-state index contributed by atoms with van der Waals surface area (Å²) in [5.41, 5.74) is 2.73. The van der Waals surface area contributed by atoms with Crippen molar-refractivity contribution in [1.82, 2.24) is 15.0 Å². The number of hydrogen-bond donors (Lipinski definition) is 2. The van der Waals surface area contributed by atoms with E-state index in [1.807, 2.05) is 49.4 Å². The van der Waals surface area contributed by atoms with Crippen LogP contribution in [0.2, 0.25) is 5.02 Å². The second kappa shape index (κ2) is 7.07. The van der Waals surface area contributed by atoms with Crippen molar-refractivity contribution < 1.29 is 0 Å². The number of aromatic nitrogens is 3. The van der Waals surface area contributed by atoms with E-state index >= 15 is 0 Å². The van der Waals surface area contributed by atoms with Gasteiger partial charge in [-0.3, -0.25) is 4.98 Å². The molecule has 0 spiro atoms. The Morgan fingerprint density at radius 2 is 1.74 bits per heavy atom. The third kappa shape index (κ3) is 3.96. The molecule has 2 heterocycles. The lowest BCUT2D eigenvalue weighted by molar-refractivity contribution is 1.09. The first-order valence-electron chi connectivity index (χ1n) is 7.30. The zero-order chi connectivity index (χ0) is 16.1. The summed E-state index contributed by atoms with van der Waals surface area (Å²) >= 11 is 5.92. The lowest BCUT2D eigenvalue weighted by Crippen LogP contribution is -2.05. The predicted molar refractivity (Wildman–Crippen MR) is 94.2 cm³/mol. The van der Waals surface area contributed by atoms with Crippen molar-refractivity contribution >= 4 is 29.1 Å². The van der Waals surface area contributed by atoms with Gasteiger partial charge in [-0.15, -0.1) is 0 Å². The average molecular weight is 326 g/mol. The van der Waals surface area contributed by atoms with Crippen LogP contribution in [0, 0.1) is 0 Å². The van der Waals surface area contributed by atoms with Gasteiger partial charge in [0, 0.05) is 41.3 Å². The molecule has 0 unspecified atom stereocenters. The minimum absolute atomic E-state index is 0.582. The highest BCUT2D eigenvalue weighted by Crippen LogP contribution is 2.23. The van der Waals surface area contributed by atoms with Gasteiger partial charge in [0.1, 0.15) is 5.82 Å². The zero-order valence-electron chi connectivity index (χ0n) is 12.6. The smallest absolute Gasteiger partial charge is 0.225 e. The van der Waals surface area contributed by atoms with Gasteiger partial charge in [0.05, 0.1) is 5.69 Å². The SMILES string of the molecule is CCNc1nc(Nc2ccc(Cl)cc2)cc(-c2ccncc2)n1. The molecular weight excluding hydrogens is 310 g/mol. The van der Waals surface area contributed by atoms with E-state index in [9.17, 15) is 0 Å². The molecule has 3 rings (SSSR count). The summed E-state index contributed by atoms with van der Waals surface area (Å²) in [6.07, 6.45) is 3.49. The normalized spacial score (nSPS) is 10.3. The number of pyridine rings is 1. The lowest BCUT2D eigenvalue weighted by Gasteiger charge is -2.11. The molecule has 0 aliphatic heterocycles. The first-order chi connectivity index (χ1) is 11.2. The van der Waals surface area contributed by atoms with Crippen molar-refractivity contribution in [2.75, 3.05) is 17.2 Å². The molecule has 5 nitrogen and oxygen atoms in total. The molecule has 0 aliphatic rings. The largest absolute Gasteiger partial charge is 0.354 e. The number of rotatable bonds is 5. The van der Waals surface area contributed by atoms with Crippen molar-refractivity contribution in [1.29, 1.82) is 0 Å². The Bertz CT molecular complexity index is 775. The minimum atomic E-state index is 0.582. The van der Waals surface area contributed by atoms with E-state index in [1.54, 1.807) is 12.4 Å². The summed E-state index contributed by atoms with van der Waals surface area (Å²) in [7, 11) is 0. The third-order valence-electron chi connectivity index (χ3n) is 3.15. The molecule has 1 aromatic carbocycles. The summed E-state index contributed by atoms with van der Waals surface area (Å²) < 4.78 is 0. The minimum Gasteiger partial charge on any atom is -0.354 e. The van der Waals surface area contributed by atoms with Gasteiger partial charge in [0.15, 0.2) is 0 Å². The van der Waals surface area contributed by atoms with Gasteiger partial charge in [-0.2, -0.15) is 4.98 Å². The fourth-order valence-corrected chi connectivity index (χ4v) is 2.23. The van der Waals surface area contributed by atoms with E-state index in [0.29, 0.717) is 16.8 Å². The zero-order valence-corrected chi connectivity index (χ0v) is 13.4. The molecule has 0 saturated carbocycles. The first kappa shape index (κ1) is 15.2. The molecule has 0 radical (unpaired) electrons. The topological polar surface area (TPSA) is 62.7 Å². The van der Waals surface area contributed by atoms with Crippen LogP contribution >= 0.6 is 11.6 Å². The Kier molecular flexibility index (Phi) is 4.68. The first-order valence-corrected chi connectivity index (χ1v) is 7.68. The molecule has 23 heavy (non-hydrogen) atoms. The maximum atomic E-state index is 5.92. The molecule has 0 aliphatic carbocycles. The van der Waals surface area contributed by atoms with Crippen LogP contribution in [0.3, 0.4) is 0 Å². The van der Waals surface area contributed by atoms with Gasteiger partial charge < -0.3 is 10.6 Å². The Balaban J connectivity index is 1.95. The van der Waals surface area contributed by atoms with Gasteiger partial charge in [-0.25, -0.2) is 4.98 Å². The van der Waals surface area contributed by atoms with Crippen LogP contribution in [0.4, 0.5) is 17.5 Å². The van der Waals surface area contributed by atoms with E-state index in [0.717, 1.165) is 23.5 Å². The van der Waals surface area contributed by atoms with Crippen LogP contribution < -0.4 is 10.6 Å². The van der Waals surface area contributed by atoms with Crippen molar-refractivity contribution in [3.63, 3.8) is 0 Å².